The largest absolute Gasteiger partial charge is 0.356 e. The van der Waals surface area contributed by atoms with Crippen LogP contribution in [0.2, 0.25) is 0 Å². The first-order chi connectivity index (χ1) is 10.8. The Bertz CT molecular complexity index is 521. The maximum atomic E-state index is 4.38. The van der Waals surface area contributed by atoms with E-state index in [9.17, 15) is 0 Å². The van der Waals surface area contributed by atoms with Crippen LogP contribution in [0.4, 0.5) is 0 Å². The van der Waals surface area contributed by atoms with Crippen LogP contribution in [-0.2, 0) is 13.0 Å². The van der Waals surface area contributed by atoms with Gasteiger partial charge >= 0.3 is 0 Å². The molecule has 0 aromatic carbocycles. The molecule has 1 aliphatic heterocycles. The Morgan fingerprint density at radius 3 is 2.74 bits per heavy atom. The molecule has 2 aliphatic rings. The number of hydrogen-bond acceptors (Lipinski definition) is 3. The molecule has 1 atom stereocenters. The predicted molar refractivity (Wildman–Crippen MR) is 103 cm³/mol. The molecule has 1 aromatic rings. The second kappa shape index (κ2) is 8.84. The Morgan fingerprint density at radius 2 is 2.00 bits per heavy atom. The third-order valence-corrected chi connectivity index (χ3v) is 4.96. The van der Waals surface area contributed by atoms with E-state index in [-0.39, 0.29) is 24.0 Å². The summed E-state index contributed by atoms with van der Waals surface area (Å²) < 4.78 is 2.26. The maximum absolute atomic E-state index is 4.38. The smallest absolute Gasteiger partial charge is 0.191 e. The molecule has 130 valence electrons. The maximum Gasteiger partial charge on any atom is 0.191 e. The van der Waals surface area contributed by atoms with Crippen molar-refractivity contribution < 1.29 is 0 Å². The normalized spacial score (nSPS) is 22.2. The third kappa shape index (κ3) is 4.81. The number of aryl methyl sites for hydroxylation is 2. The summed E-state index contributed by atoms with van der Waals surface area (Å²) in [5, 5.41) is 15.5. The van der Waals surface area contributed by atoms with Crippen LogP contribution in [0.1, 0.15) is 50.2 Å². The van der Waals surface area contributed by atoms with Crippen molar-refractivity contribution in [2.75, 3.05) is 13.6 Å². The lowest BCUT2D eigenvalue weighted by Gasteiger charge is -2.27. The third-order valence-electron chi connectivity index (χ3n) is 4.96. The lowest BCUT2D eigenvalue weighted by molar-refractivity contribution is 0.355. The van der Waals surface area contributed by atoms with Gasteiger partial charge in [0.1, 0.15) is 11.6 Å². The Labute approximate surface area is 155 Å². The molecule has 3 rings (SSSR count). The van der Waals surface area contributed by atoms with E-state index in [1.807, 2.05) is 14.0 Å². The van der Waals surface area contributed by atoms with Crippen molar-refractivity contribution in [2.24, 2.45) is 10.9 Å². The molecule has 23 heavy (non-hydrogen) atoms. The van der Waals surface area contributed by atoms with Gasteiger partial charge in [-0.05, 0) is 32.1 Å². The molecule has 1 unspecified atom stereocenters. The molecule has 1 aromatic heterocycles. The number of aromatic nitrogens is 3. The van der Waals surface area contributed by atoms with Crippen molar-refractivity contribution in [1.82, 2.24) is 25.4 Å². The number of hydrogen-bond donors (Lipinski definition) is 2. The van der Waals surface area contributed by atoms with E-state index in [1.54, 1.807) is 0 Å². The minimum Gasteiger partial charge on any atom is -0.356 e. The summed E-state index contributed by atoms with van der Waals surface area (Å²) in [6, 6.07) is 0.595. The summed E-state index contributed by atoms with van der Waals surface area (Å²) in [6.07, 6.45) is 8.81. The fourth-order valence-corrected chi connectivity index (χ4v) is 3.57. The van der Waals surface area contributed by atoms with E-state index < -0.39 is 0 Å². The molecule has 1 aliphatic carbocycles. The lowest BCUT2D eigenvalue weighted by Crippen LogP contribution is -2.46. The van der Waals surface area contributed by atoms with E-state index in [0.717, 1.165) is 37.1 Å². The molecule has 6 nitrogen and oxygen atoms in total. The number of guanidine groups is 1. The summed E-state index contributed by atoms with van der Waals surface area (Å²) in [5.41, 5.74) is 0. The number of nitrogens with one attached hydrogen (secondary N) is 2. The van der Waals surface area contributed by atoms with Crippen LogP contribution in [-0.4, -0.2) is 40.4 Å². The van der Waals surface area contributed by atoms with Crippen molar-refractivity contribution in [1.29, 1.82) is 0 Å². The number of fused-ring (bicyclic) bond motifs is 1. The summed E-state index contributed by atoms with van der Waals surface area (Å²) in [4.78, 5) is 4.38. The van der Waals surface area contributed by atoms with Gasteiger partial charge in [0.2, 0.25) is 0 Å². The topological polar surface area (TPSA) is 67.1 Å². The first kappa shape index (κ1) is 18.5. The lowest BCUT2D eigenvalue weighted by atomic mass is 9.95. The number of aliphatic imine (C=N–C) groups is 1. The Balaban J connectivity index is 0.00000192. The molecule has 7 heteroatoms. The van der Waals surface area contributed by atoms with Gasteiger partial charge in [0, 0.05) is 32.6 Å². The van der Waals surface area contributed by atoms with Gasteiger partial charge in [-0.1, -0.05) is 19.3 Å². The molecule has 0 bridgehead atoms. The second-order valence-electron chi connectivity index (χ2n) is 6.61. The average Bonchev–Trinajstić information content (AvgIpc) is 2.93. The second-order valence-corrected chi connectivity index (χ2v) is 6.61. The molecular weight excluding hydrogens is 403 g/mol. The van der Waals surface area contributed by atoms with Gasteiger partial charge in [-0.2, -0.15) is 0 Å². The zero-order valence-electron chi connectivity index (χ0n) is 14.2. The van der Waals surface area contributed by atoms with E-state index in [1.165, 1.54) is 38.5 Å². The minimum absolute atomic E-state index is 0. The molecular formula is C16H29IN6. The number of rotatable bonds is 3. The van der Waals surface area contributed by atoms with E-state index in [2.05, 4.69) is 30.4 Å². The van der Waals surface area contributed by atoms with Crippen molar-refractivity contribution in [3.05, 3.63) is 11.6 Å². The Morgan fingerprint density at radius 1 is 1.22 bits per heavy atom. The van der Waals surface area contributed by atoms with Crippen molar-refractivity contribution in [2.45, 2.75) is 64.5 Å². The van der Waals surface area contributed by atoms with E-state index in [0.29, 0.717) is 12.0 Å². The predicted octanol–water partition coefficient (Wildman–Crippen LogP) is 2.26. The molecule has 2 N–H and O–H groups in total. The van der Waals surface area contributed by atoms with E-state index in [4.69, 9.17) is 0 Å². The number of halogens is 1. The van der Waals surface area contributed by atoms with Crippen molar-refractivity contribution >= 4 is 29.9 Å². The summed E-state index contributed by atoms with van der Waals surface area (Å²) in [6.45, 7) is 4.01. The summed E-state index contributed by atoms with van der Waals surface area (Å²) in [7, 11) is 1.86. The van der Waals surface area contributed by atoms with Crippen molar-refractivity contribution in [3.8, 4) is 0 Å². The van der Waals surface area contributed by atoms with Crippen LogP contribution in [0.5, 0.6) is 0 Å². The minimum atomic E-state index is 0. The van der Waals surface area contributed by atoms with Crippen LogP contribution in [0.3, 0.4) is 0 Å². The Hall–Kier alpha value is -0.860. The molecule has 0 amide bonds. The van der Waals surface area contributed by atoms with Gasteiger partial charge in [-0.25, -0.2) is 0 Å². The standard InChI is InChI=1S/C16H28N6.HI/c1-12-20-21-15-9-8-13(11-22(12)15)10-18-16(17-2)19-14-6-4-3-5-7-14;/h13-14H,3-11H2,1-2H3,(H2,17,18,19);1H. The molecule has 0 saturated heterocycles. The SMILES string of the molecule is CN=C(NCC1CCc2nnc(C)n2C1)NC1CCCCC1.I. The van der Waals surface area contributed by atoms with Gasteiger partial charge in [0.25, 0.3) is 0 Å². The number of nitrogens with zero attached hydrogens (tertiary/aromatic N) is 4. The monoisotopic (exact) mass is 432 g/mol. The zero-order valence-corrected chi connectivity index (χ0v) is 16.5. The molecule has 1 saturated carbocycles. The van der Waals surface area contributed by atoms with Gasteiger partial charge in [-0.3, -0.25) is 4.99 Å². The highest BCUT2D eigenvalue weighted by Crippen LogP contribution is 2.19. The average molecular weight is 432 g/mol. The summed E-state index contributed by atoms with van der Waals surface area (Å²) in [5.74, 6) is 3.74. The highest BCUT2D eigenvalue weighted by Gasteiger charge is 2.22. The van der Waals surface area contributed by atoms with Crippen molar-refractivity contribution in [3.63, 3.8) is 0 Å². The summed E-state index contributed by atoms with van der Waals surface area (Å²) >= 11 is 0. The van der Waals surface area contributed by atoms with E-state index >= 15 is 0 Å². The highest BCUT2D eigenvalue weighted by atomic mass is 127. The van der Waals surface area contributed by atoms with Crippen LogP contribution >= 0.6 is 24.0 Å². The van der Waals surface area contributed by atoms with Crippen LogP contribution in [0.25, 0.3) is 0 Å². The van der Waals surface area contributed by atoms with Gasteiger partial charge in [0.15, 0.2) is 5.96 Å². The highest BCUT2D eigenvalue weighted by molar-refractivity contribution is 14.0. The Kier molecular flexibility index (Phi) is 7.10. The quantitative estimate of drug-likeness (QED) is 0.437. The van der Waals surface area contributed by atoms with Crippen LogP contribution in [0, 0.1) is 12.8 Å². The molecule has 0 spiro atoms. The molecule has 2 heterocycles. The molecule has 0 radical (unpaired) electrons. The fraction of sp³-hybridized carbons (Fsp3) is 0.812. The first-order valence-corrected chi connectivity index (χ1v) is 8.62. The van der Waals surface area contributed by atoms with Gasteiger partial charge in [-0.15, -0.1) is 34.2 Å². The first-order valence-electron chi connectivity index (χ1n) is 8.62. The van der Waals surface area contributed by atoms with Crippen LogP contribution < -0.4 is 10.6 Å². The van der Waals surface area contributed by atoms with Gasteiger partial charge < -0.3 is 15.2 Å². The van der Waals surface area contributed by atoms with Gasteiger partial charge in [0.05, 0.1) is 0 Å². The van der Waals surface area contributed by atoms with Crippen LogP contribution in [0.15, 0.2) is 4.99 Å². The molecule has 1 fully saturated rings. The zero-order chi connectivity index (χ0) is 15.4. The fourth-order valence-electron chi connectivity index (χ4n) is 3.57.